The van der Waals surface area contributed by atoms with E-state index in [2.05, 4.69) is 5.48 Å². The molecule has 0 saturated heterocycles. The van der Waals surface area contributed by atoms with Crippen LogP contribution in [-0.2, 0) is 6.42 Å². The molecule has 1 aliphatic carbocycles. The van der Waals surface area contributed by atoms with Crippen LogP contribution in [0.2, 0.25) is 0 Å². The fraction of sp³-hybridized carbons (Fsp3) is 0.467. The molecule has 1 aromatic rings. The topological polar surface area (TPSA) is 52.5 Å². The lowest BCUT2D eigenvalue weighted by Crippen LogP contribution is -2.39. The molecule has 0 aromatic heterocycles. The summed E-state index contributed by atoms with van der Waals surface area (Å²) in [4.78, 5) is 0. The minimum Gasteiger partial charge on any atom is -0.384 e. The molecule has 18 heavy (non-hydrogen) atoms. The van der Waals surface area contributed by atoms with Gasteiger partial charge in [0.15, 0.2) is 0 Å². The summed E-state index contributed by atoms with van der Waals surface area (Å²) in [5, 5.41) is 19.8. The molecule has 1 aliphatic rings. The van der Waals surface area contributed by atoms with Crippen molar-refractivity contribution in [2.24, 2.45) is 0 Å². The fourth-order valence-corrected chi connectivity index (χ4v) is 2.58. The van der Waals surface area contributed by atoms with Crippen molar-refractivity contribution < 1.29 is 10.3 Å². The Labute approximate surface area is 108 Å². The van der Waals surface area contributed by atoms with Gasteiger partial charge in [-0.3, -0.25) is 10.7 Å². The van der Waals surface area contributed by atoms with Gasteiger partial charge in [0.25, 0.3) is 0 Å². The van der Waals surface area contributed by atoms with E-state index in [0.717, 1.165) is 25.7 Å². The van der Waals surface area contributed by atoms with E-state index in [4.69, 9.17) is 0 Å². The van der Waals surface area contributed by atoms with Gasteiger partial charge in [-0.25, -0.2) is 0 Å². The first-order valence-corrected chi connectivity index (χ1v) is 6.62. The molecule has 0 amide bonds. The third-order valence-electron chi connectivity index (χ3n) is 3.69. The molecule has 3 N–H and O–H groups in total. The number of aliphatic hydroxyl groups is 1. The van der Waals surface area contributed by atoms with E-state index in [1.165, 1.54) is 12.0 Å². The Kier molecular flexibility index (Phi) is 4.39. The predicted octanol–water partition coefficient (Wildman–Crippen LogP) is 2.79. The third kappa shape index (κ3) is 3.12. The summed E-state index contributed by atoms with van der Waals surface area (Å²) >= 11 is 0. The summed E-state index contributed by atoms with van der Waals surface area (Å²) in [6, 6.07) is 10.0. The third-order valence-corrected chi connectivity index (χ3v) is 3.69. The largest absolute Gasteiger partial charge is 0.384 e. The van der Waals surface area contributed by atoms with Gasteiger partial charge < -0.3 is 5.11 Å². The van der Waals surface area contributed by atoms with Gasteiger partial charge in [0, 0.05) is 0 Å². The van der Waals surface area contributed by atoms with Gasteiger partial charge >= 0.3 is 0 Å². The van der Waals surface area contributed by atoms with Crippen LogP contribution in [0.1, 0.15) is 37.7 Å². The minimum atomic E-state index is -0.873. The summed E-state index contributed by atoms with van der Waals surface area (Å²) in [6.07, 6.45) is 7.25. The summed E-state index contributed by atoms with van der Waals surface area (Å²) in [5.74, 6) is 0. The molecule has 0 spiro atoms. The highest BCUT2D eigenvalue weighted by Gasteiger charge is 2.33. The standard InChI is InChI=1S/C15H21NO2/c17-15(11-5-2-6-12-15)14(16-18)10-9-13-7-3-1-4-8-13/h1,3-4,7-8,10,16-18H,2,5-6,9,11-12H2/b14-10+. The van der Waals surface area contributed by atoms with Crippen LogP contribution in [0.15, 0.2) is 42.1 Å². The maximum absolute atomic E-state index is 10.5. The van der Waals surface area contributed by atoms with Crippen molar-refractivity contribution in [3.8, 4) is 0 Å². The molecule has 98 valence electrons. The number of hydrogen-bond donors (Lipinski definition) is 3. The highest BCUT2D eigenvalue weighted by Crippen LogP contribution is 2.32. The van der Waals surface area contributed by atoms with Gasteiger partial charge in [-0.15, -0.1) is 0 Å². The van der Waals surface area contributed by atoms with Crippen molar-refractivity contribution in [2.45, 2.75) is 44.1 Å². The van der Waals surface area contributed by atoms with Gasteiger partial charge in [0.2, 0.25) is 0 Å². The lowest BCUT2D eigenvalue weighted by molar-refractivity contribution is 0.0112. The number of nitrogens with one attached hydrogen (secondary N) is 1. The first kappa shape index (κ1) is 13.1. The molecule has 1 aromatic carbocycles. The van der Waals surface area contributed by atoms with Gasteiger partial charge in [-0.05, 0) is 24.8 Å². The lowest BCUT2D eigenvalue weighted by Gasteiger charge is -2.33. The van der Waals surface area contributed by atoms with Crippen LogP contribution in [0.25, 0.3) is 0 Å². The molecular formula is C15H21NO2. The van der Waals surface area contributed by atoms with Gasteiger partial charge in [-0.2, -0.15) is 0 Å². The zero-order chi connectivity index (χ0) is 12.8. The van der Waals surface area contributed by atoms with Crippen molar-refractivity contribution in [1.29, 1.82) is 0 Å². The van der Waals surface area contributed by atoms with Crippen LogP contribution < -0.4 is 5.48 Å². The van der Waals surface area contributed by atoms with Crippen LogP contribution in [-0.4, -0.2) is 15.9 Å². The normalized spacial score (nSPS) is 19.6. The summed E-state index contributed by atoms with van der Waals surface area (Å²) in [6.45, 7) is 0. The molecule has 3 heteroatoms. The van der Waals surface area contributed by atoms with Crippen molar-refractivity contribution >= 4 is 0 Å². The SMILES string of the molecule is ON/C(=C/Cc1ccccc1)C1(O)CCCCC1. The van der Waals surface area contributed by atoms with Gasteiger partial charge in [0.05, 0.1) is 5.70 Å². The molecule has 1 saturated carbocycles. The molecule has 0 unspecified atom stereocenters. The van der Waals surface area contributed by atoms with E-state index in [0.29, 0.717) is 12.1 Å². The Hall–Kier alpha value is -1.32. The molecule has 0 radical (unpaired) electrons. The lowest BCUT2D eigenvalue weighted by atomic mass is 9.82. The van der Waals surface area contributed by atoms with Gasteiger partial charge in [0.1, 0.15) is 5.60 Å². The Morgan fingerprint density at radius 2 is 1.83 bits per heavy atom. The Morgan fingerprint density at radius 3 is 2.44 bits per heavy atom. The second-order valence-corrected chi connectivity index (χ2v) is 5.01. The van der Waals surface area contributed by atoms with E-state index < -0.39 is 5.60 Å². The summed E-state index contributed by atoms with van der Waals surface area (Å²) in [5.41, 5.74) is 3.04. The second kappa shape index (κ2) is 6.03. The highest BCUT2D eigenvalue weighted by molar-refractivity contribution is 5.22. The second-order valence-electron chi connectivity index (χ2n) is 5.01. The molecule has 0 heterocycles. The molecule has 0 bridgehead atoms. The molecule has 0 aliphatic heterocycles. The average molecular weight is 247 g/mol. The van der Waals surface area contributed by atoms with Crippen molar-refractivity contribution in [3.63, 3.8) is 0 Å². The number of benzene rings is 1. The Morgan fingerprint density at radius 1 is 1.17 bits per heavy atom. The minimum absolute atomic E-state index is 0.547. The average Bonchev–Trinajstić information content (AvgIpc) is 2.41. The van der Waals surface area contributed by atoms with Crippen LogP contribution in [0.4, 0.5) is 0 Å². The van der Waals surface area contributed by atoms with Gasteiger partial charge in [-0.1, -0.05) is 55.7 Å². The Bertz CT molecular complexity index is 394. The van der Waals surface area contributed by atoms with E-state index in [9.17, 15) is 10.3 Å². The highest BCUT2D eigenvalue weighted by atomic mass is 16.5. The first-order valence-electron chi connectivity index (χ1n) is 6.62. The zero-order valence-corrected chi connectivity index (χ0v) is 10.6. The maximum atomic E-state index is 10.5. The summed E-state index contributed by atoms with van der Waals surface area (Å²) < 4.78 is 0. The van der Waals surface area contributed by atoms with E-state index in [1.807, 2.05) is 36.4 Å². The number of allylic oxidation sites excluding steroid dienone is 1. The van der Waals surface area contributed by atoms with Crippen molar-refractivity contribution in [2.75, 3.05) is 0 Å². The Balaban J connectivity index is 2.08. The monoisotopic (exact) mass is 247 g/mol. The molecule has 2 rings (SSSR count). The molecule has 3 nitrogen and oxygen atoms in total. The summed E-state index contributed by atoms with van der Waals surface area (Å²) in [7, 11) is 0. The number of hydroxylamine groups is 1. The fourth-order valence-electron chi connectivity index (χ4n) is 2.58. The van der Waals surface area contributed by atoms with E-state index in [1.54, 1.807) is 0 Å². The number of hydrogen-bond acceptors (Lipinski definition) is 3. The molecular weight excluding hydrogens is 226 g/mol. The van der Waals surface area contributed by atoms with Crippen molar-refractivity contribution in [1.82, 2.24) is 5.48 Å². The first-order chi connectivity index (χ1) is 8.74. The van der Waals surface area contributed by atoms with Crippen LogP contribution >= 0.6 is 0 Å². The maximum Gasteiger partial charge on any atom is 0.106 e. The number of rotatable bonds is 4. The molecule has 0 atom stereocenters. The quantitative estimate of drug-likeness (QED) is 0.717. The van der Waals surface area contributed by atoms with Crippen LogP contribution in [0, 0.1) is 0 Å². The van der Waals surface area contributed by atoms with Crippen LogP contribution in [0.5, 0.6) is 0 Å². The molecule has 1 fully saturated rings. The van der Waals surface area contributed by atoms with E-state index >= 15 is 0 Å². The van der Waals surface area contributed by atoms with E-state index in [-0.39, 0.29) is 0 Å². The van der Waals surface area contributed by atoms with Crippen molar-refractivity contribution in [3.05, 3.63) is 47.7 Å². The predicted molar refractivity (Wildman–Crippen MR) is 71.2 cm³/mol. The van der Waals surface area contributed by atoms with Crippen LogP contribution in [0.3, 0.4) is 0 Å². The smallest absolute Gasteiger partial charge is 0.106 e. The zero-order valence-electron chi connectivity index (χ0n) is 10.6.